The number of hydrogen-bond donors (Lipinski definition) is 4. The van der Waals surface area contributed by atoms with E-state index in [1.165, 1.54) is 44.1 Å². The van der Waals surface area contributed by atoms with E-state index in [-0.39, 0.29) is 17.2 Å². The van der Waals surface area contributed by atoms with Crippen molar-refractivity contribution in [3.63, 3.8) is 0 Å². The second-order valence-corrected chi connectivity index (χ2v) is 9.64. The highest BCUT2D eigenvalue weighted by Gasteiger charge is 2.38. The molecule has 0 radical (unpaired) electrons. The van der Waals surface area contributed by atoms with Crippen molar-refractivity contribution >= 4 is 40.5 Å². The molecule has 0 aromatic carbocycles. The van der Waals surface area contributed by atoms with Crippen LogP contribution in [0.5, 0.6) is 0 Å². The lowest BCUT2D eigenvalue weighted by Crippen LogP contribution is -2.38. The molecule has 1 unspecified atom stereocenters. The van der Waals surface area contributed by atoms with Crippen molar-refractivity contribution in [1.29, 1.82) is 0 Å². The summed E-state index contributed by atoms with van der Waals surface area (Å²) in [5.74, 6) is 0.130. The van der Waals surface area contributed by atoms with Crippen LogP contribution in [0.25, 0.3) is 11.1 Å². The lowest BCUT2D eigenvalue weighted by atomic mass is 10.1. The number of rotatable bonds is 11. The van der Waals surface area contributed by atoms with Crippen molar-refractivity contribution in [3.8, 4) is 0 Å². The van der Waals surface area contributed by atoms with E-state index in [2.05, 4.69) is 35.5 Å². The molecule has 6 N–H and O–H groups in total. The number of hydrogen-bond acceptors (Lipinski definition) is 10. The number of allylic oxidation sites excluding steroid dienone is 1. The summed E-state index contributed by atoms with van der Waals surface area (Å²) >= 11 is 0. The molecule has 2 amide bonds. The molecule has 2 aliphatic rings. The van der Waals surface area contributed by atoms with Gasteiger partial charge in [0.05, 0.1) is 72.3 Å². The summed E-state index contributed by atoms with van der Waals surface area (Å²) in [6.45, 7) is 4.07. The van der Waals surface area contributed by atoms with Crippen LogP contribution in [0.4, 0.5) is 11.4 Å². The Morgan fingerprint density at radius 3 is 2.56 bits per heavy atom. The number of ether oxygens (including phenoxy) is 1. The van der Waals surface area contributed by atoms with Crippen LogP contribution in [-0.4, -0.2) is 77.3 Å². The van der Waals surface area contributed by atoms with Crippen molar-refractivity contribution < 1.29 is 14.3 Å². The number of fused-ring (bicyclic) bond motifs is 2. The van der Waals surface area contributed by atoms with Gasteiger partial charge in [-0.1, -0.05) is 0 Å². The maximum absolute atomic E-state index is 13.1. The van der Waals surface area contributed by atoms with Crippen molar-refractivity contribution in [2.24, 2.45) is 22.4 Å². The fourth-order valence-electron chi connectivity index (χ4n) is 4.92. The van der Waals surface area contributed by atoms with Crippen LogP contribution in [0.3, 0.4) is 0 Å². The molecule has 2 atom stereocenters. The normalized spacial score (nSPS) is 19.5. The summed E-state index contributed by atoms with van der Waals surface area (Å²) in [6.07, 6.45) is 12.3. The number of nitrogens with two attached hydrogens (primary N) is 2. The molecule has 12 nitrogen and oxygen atoms in total. The minimum absolute atomic E-state index is 0.0990. The maximum atomic E-state index is 13.1. The zero-order valence-electron chi connectivity index (χ0n) is 22.3. The number of anilines is 2. The predicted molar refractivity (Wildman–Crippen MR) is 151 cm³/mol. The van der Waals surface area contributed by atoms with Gasteiger partial charge in [-0.05, 0) is 38.2 Å². The Kier molecular flexibility index (Phi) is 9.34. The Morgan fingerprint density at radius 1 is 1.13 bits per heavy atom. The first-order valence-corrected chi connectivity index (χ1v) is 12.9. The molecule has 206 valence electrons. The number of likely N-dealkylation sites (tertiary alicyclic amines) is 1. The highest BCUT2D eigenvalue weighted by atomic mass is 16.5. The first-order chi connectivity index (χ1) is 18.9. The van der Waals surface area contributed by atoms with E-state index in [0.717, 1.165) is 12.5 Å². The van der Waals surface area contributed by atoms with Gasteiger partial charge in [0.25, 0.3) is 5.91 Å². The van der Waals surface area contributed by atoms with Crippen LogP contribution in [0.1, 0.15) is 36.3 Å². The number of aliphatic imine (C=N–C) groups is 1. The van der Waals surface area contributed by atoms with Crippen molar-refractivity contribution in [1.82, 2.24) is 19.9 Å². The van der Waals surface area contributed by atoms with E-state index in [1.54, 1.807) is 32.5 Å². The van der Waals surface area contributed by atoms with Gasteiger partial charge in [-0.3, -0.25) is 34.4 Å². The van der Waals surface area contributed by atoms with Crippen molar-refractivity contribution in [3.05, 3.63) is 54.1 Å². The molecule has 2 aromatic rings. The van der Waals surface area contributed by atoms with E-state index in [1.807, 2.05) is 0 Å². The Morgan fingerprint density at radius 2 is 1.92 bits per heavy atom. The van der Waals surface area contributed by atoms with Gasteiger partial charge >= 0.3 is 0 Å². The van der Waals surface area contributed by atoms with Gasteiger partial charge in [-0.15, -0.1) is 0 Å². The quantitative estimate of drug-likeness (QED) is 0.190. The van der Waals surface area contributed by atoms with Gasteiger partial charge in [0.2, 0.25) is 5.91 Å². The van der Waals surface area contributed by atoms with E-state index < -0.39 is 5.91 Å². The van der Waals surface area contributed by atoms with Crippen LogP contribution >= 0.6 is 0 Å². The van der Waals surface area contributed by atoms with Gasteiger partial charge in [0.15, 0.2) is 0 Å². The zero-order chi connectivity index (χ0) is 27.8. The summed E-state index contributed by atoms with van der Waals surface area (Å²) in [5.41, 5.74) is 14.5. The minimum Gasteiger partial charge on any atom is -0.404 e. The number of carbonyl (C=O) groups is 2. The average molecular weight is 534 g/mol. The molecule has 1 aliphatic heterocycles. The number of methoxy groups -OCH3 is 1. The molecule has 1 saturated carbocycles. The first-order valence-electron chi connectivity index (χ1n) is 12.9. The molecule has 2 fully saturated rings. The first kappa shape index (κ1) is 27.9. The van der Waals surface area contributed by atoms with Crippen LogP contribution in [0.2, 0.25) is 0 Å². The van der Waals surface area contributed by atoms with Crippen molar-refractivity contribution in [2.45, 2.75) is 32.2 Å². The SMILES string of the molecule is COCCN=C/C(=C\N)c1cnc(/C(=C\N)C(=O)Nc2cc(NC(=O)CN3C[C@H]4CCC3C4)cnc2C)cn1. The van der Waals surface area contributed by atoms with E-state index >= 15 is 0 Å². The highest BCUT2D eigenvalue weighted by Crippen LogP contribution is 2.37. The van der Waals surface area contributed by atoms with E-state index in [4.69, 9.17) is 16.2 Å². The molecule has 1 aliphatic carbocycles. The number of nitrogens with one attached hydrogen (secondary N) is 2. The molecular formula is C27H35N9O3. The van der Waals surface area contributed by atoms with Crippen molar-refractivity contribution in [2.75, 3.05) is 44.0 Å². The predicted octanol–water partition coefficient (Wildman–Crippen LogP) is 1.56. The van der Waals surface area contributed by atoms with Crippen LogP contribution in [0.15, 0.2) is 42.0 Å². The topological polar surface area (TPSA) is 174 Å². The maximum Gasteiger partial charge on any atom is 0.259 e. The van der Waals surface area contributed by atoms with Gasteiger partial charge in [-0.25, -0.2) is 0 Å². The minimum atomic E-state index is -0.489. The van der Waals surface area contributed by atoms with Gasteiger partial charge in [0.1, 0.15) is 0 Å². The Hall–Kier alpha value is -4.16. The summed E-state index contributed by atoms with van der Waals surface area (Å²) in [5, 5.41) is 5.71. The monoisotopic (exact) mass is 533 g/mol. The lowest BCUT2D eigenvalue weighted by molar-refractivity contribution is -0.117. The molecule has 39 heavy (non-hydrogen) atoms. The molecule has 2 aromatic heterocycles. The molecule has 1 saturated heterocycles. The summed E-state index contributed by atoms with van der Waals surface area (Å²) < 4.78 is 4.97. The molecule has 12 heteroatoms. The number of amides is 2. The van der Waals surface area contributed by atoms with Gasteiger partial charge < -0.3 is 26.8 Å². The second kappa shape index (κ2) is 13.1. The largest absolute Gasteiger partial charge is 0.404 e. The zero-order valence-corrected chi connectivity index (χ0v) is 22.3. The van der Waals surface area contributed by atoms with E-state index in [0.29, 0.717) is 54.1 Å². The Labute approximate surface area is 227 Å². The fraction of sp³-hybridized carbons (Fsp3) is 0.407. The number of nitrogens with zero attached hydrogens (tertiary/aromatic N) is 5. The second-order valence-electron chi connectivity index (χ2n) is 9.64. The fourth-order valence-corrected chi connectivity index (χ4v) is 4.92. The third-order valence-electron chi connectivity index (χ3n) is 6.96. The molecule has 4 rings (SSSR count). The number of aromatic nitrogens is 3. The number of pyridine rings is 1. The third-order valence-corrected chi connectivity index (χ3v) is 6.96. The highest BCUT2D eigenvalue weighted by molar-refractivity contribution is 6.24. The number of carbonyl (C=O) groups excluding carboxylic acids is 2. The standard InChI is InChI=1S/C27H35N9O3/c1-17-23(8-20(12-31-17)34-26(37)16-36-15-18-3-4-21(36)7-18)35-27(38)22(10-29)25-14-32-24(13-33-25)19(9-28)11-30-5-6-39-2/h8-14,18,21H,3-7,15-16,28-29H2,1-2H3,(H,34,37)(H,35,38)/b19-9+,22-10+,30-11?/t18-,21?/m0/s1. The number of aryl methyl sites for hydroxylation is 1. The molecule has 2 bridgehead atoms. The van der Waals surface area contributed by atoms with Gasteiger partial charge in [-0.2, -0.15) is 0 Å². The van der Waals surface area contributed by atoms with Gasteiger partial charge in [0, 0.05) is 43.9 Å². The molecular weight excluding hydrogens is 498 g/mol. The molecule has 0 spiro atoms. The number of piperidine rings is 1. The van der Waals surface area contributed by atoms with Crippen LogP contribution < -0.4 is 22.1 Å². The third kappa shape index (κ3) is 7.03. The molecule has 3 heterocycles. The summed E-state index contributed by atoms with van der Waals surface area (Å²) in [7, 11) is 1.60. The van der Waals surface area contributed by atoms with Crippen LogP contribution in [-0.2, 0) is 14.3 Å². The van der Waals surface area contributed by atoms with Crippen LogP contribution in [0, 0.1) is 12.8 Å². The average Bonchev–Trinajstić information content (AvgIpc) is 3.55. The summed E-state index contributed by atoms with van der Waals surface area (Å²) in [6, 6.07) is 2.19. The van der Waals surface area contributed by atoms with E-state index in [9.17, 15) is 9.59 Å². The smallest absolute Gasteiger partial charge is 0.259 e. The lowest BCUT2D eigenvalue weighted by Gasteiger charge is -2.25. The Bertz CT molecular complexity index is 1270. The summed E-state index contributed by atoms with van der Waals surface area (Å²) in [4.78, 5) is 45.3. The Balaban J connectivity index is 1.39.